The molecule has 2 atom stereocenters. The molecule has 2 heterocycles. The van der Waals surface area contributed by atoms with Gasteiger partial charge in [-0.15, -0.1) is 0 Å². The van der Waals surface area contributed by atoms with E-state index in [-0.39, 0.29) is 12.3 Å². The molecule has 4 rings (SSSR count). The van der Waals surface area contributed by atoms with Gasteiger partial charge in [-0.25, -0.2) is 0 Å². The van der Waals surface area contributed by atoms with Gasteiger partial charge in [0.25, 0.3) is 0 Å². The molecular formula is C19H19ClN2O. The minimum absolute atomic E-state index is 0.0170. The molecule has 2 aliphatic rings. The number of nitrogens with zero attached hydrogens (tertiary/aromatic N) is 2. The SMILES string of the molecule is CC[C@H]1Oc2ccc(Cl)cc2[C@@H]2CC(c3ccc(C)cc3)=NN12. The van der Waals surface area contributed by atoms with Crippen molar-refractivity contribution in [1.29, 1.82) is 0 Å². The second-order valence-corrected chi connectivity index (χ2v) is 6.61. The molecule has 118 valence electrons. The molecule has 0 aliphatic carbocycles. The Balaban J connectivity index is 1.73. The van der Waals surface area contributed by atoms with E-state index in [2.05, 4.69) is 43.1 Å². The Morgan fingerprint density at radius 3 is 2.74 bits per heavy atom. The van der Waals surface area contributed by atoms with E-state index in [1.54, 1.807) is 0 Å². The van der Waals surface area contributed by atoms with Crippen LogP contribution in [-0.4, -0.2) is 16.9 Å². The molecule has 0 radical (unpaired) electrons. The lowest BCUT2D eigenvalue weighted by Gasteiger charge is -2.37. The Kier molecular flexibility index (Phi) is 3.53. The van der Waals surface area contributed by atoms with Gasteiger partial charge >= 0.3 is 0 Å². The largest absolute Gasteiger partial charge is 0.469 e. The lowest BCUT2D eigenvalue weighted by atomic mass is 9.96. The monoisotopic (exact) mass is 326 g/mol. The zero-order valence-corrected chi connectivity index (χ0v) is 14.0. The highest BCUT2D eigenvalue weighted by atomic mass is 35.5. The average Bonchev–Trinajstić information content (AvgIpc) is 3.00. The van der Waals surface area contributed by atoms with E-state index in [0.717, 1.165) is 34.9 Å². The van der Waals surface area contributed by atoms with Crippen molar-refractivity contribution in [2.24, 2.45) is 5.10 Å². The van der Waals surface area contributed by atoms with Crippen LogP contribution in [0.1, 0.15) is 42.5 Å². The van der Waals surface area contributed by atoms with Gasteiger partial charge in [0.2, 0.25) is 0 Å². The second kappa shape index (κ2) is 5.57. The molecule has 0 unspecified atom stereocenters. The number of aryl methyl sites for hydroxylation is 1. The van der Waals surface area contributed by atoms with Crippen LogP contribution in [0.15, 0.2) is 47.6 Å². The van der Waals surface area contributed by atoms with E-state index in [9.17, 15) is 0 Å². The predicted octanol–water partition coefficient (Wildman–Crippen LogP) is 4.93. The summed E-state index contributed by atoms with van der Waals surface area (Å²) in [5.74, 6) is 0.933. The van der Waals surface area contributed by atoms with Gasteiger partial charge in [-0.1, -0.05) is 48.4 Å². The summed E-state index contributed by atoms with van der Waals surface area (Å²) < 4.78 is 6.11. The number of fused-ring (bicyclic) bond motifs is 3. The molecule has 2 aliphatic heterocycles. The van der Waals surface area contributed by atoms with E-state index in [0.29, 0.717) is 0 Å². The fourth-order valence-corrected chi connectivity index (χ4v) is 3.50. The van der Waals surface area contributed by atoms with Gasteiger partial charge in [0.1, 0.15) is 5.75 Å². The summed E-state index contributed by atoms with van der Waals surface area (Å²) in [5.41, 5.74) is 4.69. The maximum Gasteiger partial charge on any atom is 0.187 e. The Hall–Kier alpha value is -2.00. The first-order valence-corrected chi connectivity index (χ1v) is 8.42. The molecule has 4 heteroatoms. The number of halogens is 1. The van der Waals surface area contributed by atoms with Crippen molar-refractivity contribution >= 4 is 17.3 Å². The minimum Gasteiger partial charge on any atom is -0.469 e. The predicted molar refractivity (Wildman–Crippen MR) is 93.1 cm³/mol. The zero-order valence-electron chi connectivity index (χ0n) is 13.3. The summed E-state index contributed by atoms with van der Waals surface area (Å²) in [4.78, 5) is 0. The highest BCUT2D eigenvalue weighted by molar-refractivity contribution is 6.30. The smallest absolute Gasteiger partial charge is 0.187 e. The Labute approximate surface area is 141 Å². The van der Waals surface area contributed by atoms with E-state index >= 15 is 0 Å². The van der Waals surface area contributed by atoms with Crippen molar-refractivity contribution < 1.29 is 4.74 Å². The van der Waals surface area contributed by atoms with Crippen LogP contribution >= 0.6 is 11.6 Å². The van der Waals surface area contributed by atoms with Gasteiger partial charge in [-0.3, -0.25) is 5.01 Å². The maximum absolute atomic E-state index is 6.20. The summed E-state index contributed by atoms with van der Waals surface area (Å²) in [5, 5.41) is 7.72. The maximum atomic E-state index is 6.20. The molecule has 0 saturated carbocycles. The first kappa shape index (κ1) is 14.6. The first-order valence-electron chi connectivity index (χ1n) is 8.04. The summed E-state index contributed by atoms with van der Waals surface area (Å²) in [6.45, 7) is 4.23. The average molecular weight is 327 g/mol. The summed E-state index contributed by atoms with van der Waals surface area (Å²) in [7, 11) is 0. The topological polar surface area (TPSA) is 24.8 Å². The molecule has 0 N–H and O–H groups in total. The van der Waals surface area contributed by atoms with Crippen LogP contribution in [-0.2, 0) is 0 Å². The lowest BCUT2D eigenvalue weighted by molar-refractivity contribution is -0.0188. The standard InChI is InChI=1S/C19H19ClN2O/c1-3-19-22-17(15-10-14(20)8-9-18(15)23-19)11-16(21-22)13-6-4-12(2)5-7-13/h4-10,17,19H,3,11H2,1-2H3/t17-,19+/m0/s1. The van der Waals surface area contributed by atoms with E-state index < -0.39 is 0 Å². The van der Waals surface area contributed by atoms with Gasteiger partial charge in [0.05, 0.1) is 11.8 Å². The molecule has 23 heavy (non-hydrogen) atoms. The van der Waals surface area contributed by atoms with Crippen LogP contribution in [0, 0.1) is 6.92 Å². The van der Waals surface area contributed by atoms with Crippen LogP contribution in [0.3, 0.4) is 0 Å². The normalized spacial score (nSPS) is 22.2. The molecule has 0 fully saturated rings. The van der Waals surface area contributed by atoms with Gasteiger partial charge in [0.15, 0.2) is 6.23 Å². The number of ether oxygens (including phenoxy) is 1. The van der Waals surface area contributed by atoms with Gasteiger partial charge in [-0.05, 0) is 30.7 Å². The van der Waals surface area contributed by atoms with E-state index in [4.69, 9.17) is 21.4 Å². The van der Waals surface area contributed by atoms with Gasteiger partial charge < -0.3 is 4.74 Å². The molecular weight excluding hydrogens is 308 g/mol. The first-order chi connectivity index (χ1) is 11.2. The molecule has 0 amide bonds. The van der Waals surface area contributed by atoms with Crippen molar-refractivity contribution in [2.75, 3.05) is 0 Å². The Bertz CT molecular complexity index is 769. The molecule has 2 aromatic rings. The molecule has 2 aromatic carbocycles. The van der Waals surface area contributed by atoms with Crippen LogP contribution < -0.4 is 4.74 Å². The van der Waals surface area contributed by atoms with E-state index in [1.807, 2.05) is 18.2 Å². The quantitative estimate of drug-likeness (QED) is 0.781. The highest BCUT2D eigenvalue weighted by Crippen LogP contribution is 2.44. The number of benzene rings is 2. The Morgan fingerprint density at radius 1 is 1.22 bits per heavy atom. The van der Waals surface area contributed by atoms with Crippen LogP contribution in [0.25, 0.3) is 0 Å². The summed E-state index contributed by atoms with van der Waals surface area (Å²) >= 11 is 6.20. The fourth-order valence-electron chi connectivity index (χ4n) is 3.32. The van der Waals surface area contributed by atoms with Crippen molar-refractivity contribution in [1.82, 2.24) is 5.01 Å². The third-order valence-electron chi connectivity index (χ3n) is 4.57. The number of rotatable bonds is 2. The van der Waals surface area contributed by atoms with Gasteiger partial charge in [-0.2, -0.15) is 5.10 Å². The third-order valence-corrected chi connectivity index (χ3v) is 4.80. The summed E-state index contributed by atoms with van der Waals surface area (Å²) in [6, 6.07) is 14.6. The summed E-state index contributed by atoms with van der Waals surface area (Å²) in [6.07, 6.45) is 1.76. The van der Waals surface area contributed by atoms with Crippen molar-refractivity contribution in [2.45, 2.75) is 39.0 Å². The van der Waals surface area contributed by atoms with Crippen molar-refractivity contribution in [3.8, 4) is 5.75 Å². The van der Waals surface area contributed by atoms with Crippen LogP contribution in [0.2, 0.25) is 5.02 Å². The number of hydrogen-bond acceptors (Lipinski definition) is 3. The van der Waals surface area contributed by atoms with E-state index in [1.165, 1.54) is 11.1 Å². The lowest BCUT2D eigenvalue weighted by Crippen LogP contribution is -2.39. The highest BCUT2D eigenvalue weighted by Gasteiger charge is 2.39. The molecule has 0 aromatic heterocycles. The number of hydrazone groups is 1. The molecule has 0 spiro atoms. The van der Waals surface area contributed by atoms with Crippen molar-refractivity contribution in [3.05, 3.63) is 64.2 Å². The fraction of sp³-hybridized carbons (Fsp3) is 0.316. The molecule has 3 nitrogen and oxygen atoms in total. The van der Waals surface area contributed by atoms with Crippen LogP contribution in [0.4, 0.5) is 0 Å². The third kappa shape index (κ3) is 2.49. The van der Waals surface area contributed by atoms with Crippen LogP contribution in [0.5, 0.6) is 5.75 Å². The van der Waals surface area contributed by atoms with Gasteiger partial charge in [0, 0.05) is 23.4 Å². The second-order valence-electron chi connectivity index (χ2n) is 6.18. The molecule has 0 saturated heterocycles. The Morgan fingerprint density at radius 2 is 2.00 bits per heavy atom. The minimum atomic E-state index is -0.0170. The number of hydrogen-bond donors (Lipinski definition) is 0. The molecule has 0 bridgehead atoms. The van der Waals surface area contributed by atoms with Crippen molar-refractivity contribution in [3.63, 3.8) is 0 Å². The zero-order chi connectivity index (χ0) is 16.0.